The van der Waals surface area contributed by atoms with Crippen molar-refractivity contribution in [3.63, 3.8) is 0 Å². The van der Waals surface area contributed by atoms with Gasteiger partial charge in [0.25, 0.3) is 0 Å². The summed E-state index contributed by atoms with van der Waals surface area (Å²) in [6, 6.07) is 4.39. The number of carbonyl (C=O) groups excluding carboxylic acids is 3. The van der Waals surface area contributed by atoms with Crippen LogP contribution in [0.25, 0.3) is 0 Å². The summed E-state index contributed by atoms with van der Waals surface area (Å²) in [7, 11) is 0. The molecule has 2 aromatic rings. The molecule has 0 aromatic carbocycles. The average Bonchev–Trinajstić information content (AvgIpc) is 2.68. The number of ether oxygens (including phenoxy) is 1. The minimum absolute atomic E-state index is 0.0860. The summed E-state index contributed by atoms with van der Waals surface area (Å²) in [4.78, 5) is 48.7. The number of rotatable bonds is 6. The van der Waals surface area contributed by atoms with Gasteiger partial charge in [0, 0.05) is 12.4 Å². The van der Waals surface area contributed by atoms with Crippen molar-refractivity contribution in [3.05, 3.63) is 35.9 Å². The molecular formula is C16H16BrN7O4. The van der Waals surface area contributed by atoms with Crippen LogP contribution in [0.4, 0.5) is 11.9 Å². The Morgan fingerprint density at radius 2 is 1.68 bits per heavy atom. The van der Waals surface area contributed by atoms with E-state index in [-0.39, 0.29) is 35.3 Å². The lowest BCUT2D eigenvalue weighted by molar-refractivity contribution is -0.144. The molecule has 12 heteroatoms. The molecule has 0 spiro atoms. The highest BCUT2D eigenvalue weighted by Crippen LogP contribution is 2.09. The predicted molar refractivity (Wildman–Crippen MR) is 101 cm³/mol. The molecule has 0 aliphatic heterocycles. The van der Waals surface area contributed by atoms with E-state index in [1.54, 1.807) is 13.0 Å². The lowest BCUT2D eigenvalue weighted by Gasteiger charge is -2.06. The number of nitrogens with zero attached hydrogens (tertiary/aromatic N) is 5. The van der Waals surface area contributed by atoms with Crippen molar-refractivity contribution in [2.24, 2.45) is 5.92 Å². The van der Waals surface area contributed by atoms with Gasteiger partial charge in [-0.3, -0.25) is 14.4 Å². The van der Waals surface area contributed by atoms with Crippen molar-refractivity contribution in [2.75, 3.05) is 23.4 Å². The molecule has 1 atom stereocenters. The lowest BCUT2D eigenvalue weighted by Crippen LogP contribution is -2.26. The number of hydrogen-bond donors (Lipinski definition) is 2. The van der Waals surface area contributed by atoms with Crippen molar-refractivity contribution in [3.8, 4) is 6.07 Å². The Kier molecular flexibility index (Phi) is 9.11. The lowest BCUT2D eigenvalue weighted by atomic mass is 10.0. The summed E-state index contributed by atoms with van der Waals surface area (Å²) in [6.45, 7) is 1.68. The van der Waals surface area contributed by atoms with E-state index in [2.05, 4.69) is 40.6 Å². The normalized spacial score (nSPS) is 10.6. The molecule has 11 nitrogen and oxygen atoms in total. The summed E-state index contributed by atoms with van der Waals surface area (Å²) in [6.07, 6.45) is 2.73. The van der Waals surface area contributed by atoms with Crippen LogP contribution in [0.3, 0.4) is 0 Å². The highest BCUT2D eigenvalue weighted by Gasteiger charge is 2.29. The van der Waals surface area contributed by atoms with Crippen LogP contribution >= 0.6 is 15.9 Å². The molecule has 2 heterocycles. The Bertz CT molecular complexity index is 901. The molecule has 4 N–H and O–H groups in total. The quantitative estimate of drug-likeness (QED) is 0.271. The molecule has 0 amide bonds. The van der Waals surface area contributed by atoms with E-state index < -0.39 is 17.7 Å². The molecule has 0 fully saturated rings. The van der Waals surface area contributed by atoms with Crippen molar-refractivity contribution < 1.29 is 19.1 Å². The second kappa shape index (κ2) is 11.3. The summed E-state index contributed by atoms with van der Waals surface area (Å²) >= 11 is 3.03. The number of anilines is 2. The molecule has 0 aliphatic rings. The molecule has 0 saturated carbocycles. The first kappa shape index (κ1) is 22.6. The van der Waals surface area contributed by atoms with E-state index in [1.807, 2.05) is 0 Å². The largest absolute Gasteiger partial charge is 0.465 e. The molecule has 0 bridgehead atoms. The summed E-state index contributed by atoms with van der Waals surface area (Å²) in [5.41, 5.74) is 10.8. The average molecular weight is 450 g/mol. The molecule has 0 saturated heterocycles. The summed E-state index contributed by atoms with van der Waals surface area (Å²) in [5, 5.41) is 9.03. The molecule has 2 rings (SSSR count). The van der Waals surface area contributed by atoms with E-state index >= 15 is 0 Å². The van der Waals surface area contributed by atoms with Gasteiger partial charge in [-0.15, -0.1) is 0 Å². The number of hydrogen-bond acceptors (Lipinski definition) is 11. The number of ketones is 2. The van der Waals surface area contributed by atoms with Crippen LogP contribution in [-0.2, 0) is 9.53 Å². The smallest absolute Gasteiger partial charge is 0.331 e. The maximum absolute atomic E-state index is 11.8. The van der Waals surface area contributed by atoms with Gasteiger partial charge in [-0.25, -0.2) is 19.9 Å². The van der Waals surface area contributed by atoms with Crippen molar-refractivity contribution in [2.45, 2.75) is 6.92 Å². The Morgan fingerprint density at radius 3 is 2.14 bits per heavy atom. The highest BCUT2D eigenvalue weighted by molar-refractivity contribution is 9.09. The molecular weight excluding hydrogens is 434 g/mol. The second-order valence-corrected chi connectivity index (χ2v) is 5.40. The van der Waals surface area contributed by atoms with Gasteiger partial charge in [-0.1, -0.05) is 15.9 Å². The third-order valence-corrected chi connectivity index (χ3v) is 3.43. The van der Waals surface area contributed by atoms with Crippen molar-refractivity contribution in [1.82, 2.24) is 19.9 Å². The Hall–Kier alpha value is -3.46. The third-order valence-electron chi connectivity index (χ3n) is 2.92. The van der Waals surface area contributed by atoms with E-state index in [9.17, 15) is 14.4 Å². The summed E-state index contributed by atoms with van der Waals surface area (Å²) in [5.74, 6) is -3.24. The molecule has 28 heavy (non-hydrogen) atoms. The maximum atomic E-state index is 11.8. The number of halogens is 1. The predicted octanol–water partition coefficient (Wildman–Crippen LogP) is 0.581. The number of esters is 1. The van der Waals surface area contributed by atoms with Crippen molar-refractivity contribution >= 4 is 45.4 Å². The number of nitrogens with two attached hydrogens (primary N) is 2. The topological polar surface area (TPSA) is 188 Å². The van der Waals surface area contributed by atoms with Gasteiger partial charge in [0.2, 0.25) is 23.6 Å². The molecule has 2 aromatic heterocycles. The van der Waals surface area contributed by atoms with Gasteiger partial charge in [0.1, 0.15) is 11.4 Å². The fraction of sp³-hybridized carbons (Fsp3) is 0.250. The highest BCUT2D eigenvalue weighted by atomic mass is 79.9. The fourth-order valence-electron chi connectivity index (χ4n) is 1.70. The van der Waals surface area contributed by atoms with Gasteiger partial charge in [0.05, 0.1) is 18.0 Å². The Labute approximate surface area is 168 Å². The van der Waals surface area contributed by atoms with Gasteiger partial charge < -0.3 is 16.2 Å². The summed E-state index contributed by atoms with van der Waals surface area (Å²) < 4.78 is 4.61. The number of carbonyl (C=O) groups is 3. The first-order chi connectivity index (χ1) is 13.3. The van der Waals surface area contributed by atoms with Gasteiger partial charge in [-0.05, 0) is 19.1 Å². The Balaban J connectivity index is 0.000000307. The number of alkyl halides is 1. The Morgan fingerprint density at radius 1 is 1.14 bits per heavy atom. The number of nitrogen functional groups attached to an aromatic ring is 2. The standard InChI is InChI=1S/C10H10N4O3.C6H6BrN3O/c1-2-17-9(16)6(5-11)8(15)7-3-4-13-10(12)14-7;7-3-5(11)4-1-2-9-6(8)10-4/h3-4,6H,2H2,1H3,(H2,12,13,14);1-2H,3H2,(H2,8,9,10). The van der Waals surface area contributed by atoms with Gasteiger partial charge >= 0.3 is 5.97 Å². The van der Waals surface area contributed by atoms with Crippen molar-refractivity contribution in [1.29, 1.82) is 5.26 Å². The van der Waals surface area contributed by atoms with Crippen LogP contribution in [0.15, 0.2) is 24.5 Å². The van der Waals surface area contributed by atoms with E-state index in [1.165, 1.54) is 24.5 Å². The van der Waals surface area contributed by atoms with E-state index in [0.29, 0.717) is 5.69 Å². The SMILES string of the molecule is CCOC(=O)C(C#N)C(=O)c1ccnc(N)n1.Nc1nccc(C(=O)CBr)n1. The third kappa shape index (κ3) is 6.69. The monoisotopic (exact) mass is 449 g/mol. The minimum atomic E-state index is -1.52. The zero-order valence-electron chi connectivity index (χ0n) is 14.7. The zero-order valence-corrected chi connectivity index (χ0v) is 16.3. The number of aromatic nitrogens is 4. The van der Waals surface area contributed by atoms with E-state index in [0.717, 1.165) is 0 Å². The van der Waals surface area contributed by atoms with E-state index in [4.69, 9.17) is 16.7 Å². The molecule has 0 radical (unpaired) electrons. The first-order valence-corrected chi connectivity index (χ1v) is 8.82. The molecule has 1 unspecified atom stereocenters. The van der Waals surface area contributed by atoms with Crippen LogP contribution in [0.2, 0.25) is 0 Å². The van der Waals surface area contributed by atoms with Gasteiger partial charge in [-0.2, -0.15) is 5.26 Å². The van der Waals surface area contributed by atoms with Crippen LogP contribution < -0.4 is 11.5 Å². The van der Waals surface area contributed by atoms with Gasteiger partial charge in [0.15, 0.2) is 5.78 Å². The zero-order chi connectivity index (χ0) is 21.1. The van der Waals surface area contributed by atoms with Crippen LogP contribution in [0.1, 0.15) is 27.9 Å². The van der Waals surface area contributed by atoms with Crippen LogP contribution in [-0.4, -0.2) is 49.4 Å². The fourth-order valence-corrected chi connectivity index (χ4v) is 1.99. The minimum Gasteiger partial charge on any atom is -0.465 e. The molecule has 0 aliphatic carbocycles. The molecule has 146 valence electrons. The maximum Gasteiger partial charge on any atom is 0.331 e. The number of Topliss-reactive ketones (excluding diaryl/α,β-unsaturated/α-hetero) is 2. The van der Waals surface area contributed by atoms with Crippen LogP contribution in [0, 0.1) is 17.2 Å². The first-order valence-electron chi connectivity index (χ1n) is 7.70. The number of nitriles is 1. The van der Waals surface area contributed by atoms with Crippen LogP contribution in [0.5, 0.6) is 0 Å². The second-order valence-electron chi connectivity index (χ2n) is 4.84.